The Morgan fingerprint density at radius 1 is 1.15 bits per heavy atom. The van der Waals surface area contributed by atoms with Gasteiger partial charge in [0.05, 0.1) is 4.90 Å². The molecule has 0 spiro atoms. The van der Waals surface area contributed by atoms with Gasteiger partial charge in [0.2, 0.25) is 9.84 Å². The van der Waals surface area contributed by atoms with E-state index in [0.29, 0.717) is 33.3 Å². The minimum Gasteiger partial charge on any atom is -0.480 e. The summed E-state index contributed by atoms with van der Waals surface area (Å²) in [5.41, 5.74) is 3.58. The summed E-state index contributed by atoms with van der Waals surface area (Å²) in [6.07, 6.45) is 0. The van der Waals surface area contributed by atoms with Crippen molar-refractivity contribution >= 4 is 32.3 Å². The van der Waals surface area contributed by atoms with Crippen LogP contribution in [0.15, 0.2) is 46.7 Å². The molecule has 0 amide bonds. The lowest BCUT2D eigenvalue weighted by Crippen LogP contribution is -2.10. The molecule has 27 heavy (non-hydrogen) atoms. The number of carboxylic acid groups (broad SMARTS) is 1. The van der Waals surface area contributed by atoms with Gasteiger partial charge in [0.1, 0.15) is 12.4 Å². The van der Waals surface area contributed by atoms with Gasteiger partial charge in [0.15, 0.2) is 0 Å². The number of halogens is 1. The molecule has 7 heteroatoms. The average Bonchev–Trinajstić information content (AvgIpc) is 2.98. The molecule has 5 nitrogen and oxygen atoms in total. The molecule has 1 aliphatic heterocycles. The third kappa shape index (κ3) is 2.66. The highest BCUT2D eigenvalue weighted by molar-refractivity contribution is 7.95. The minimum atomic E-state index is -3.61. The zero-order valence-corrected chi connectivity index (χ0v) is 15.5. The molecule has 2 heterocycles. The molecular formula is C20H16FNO4S. The summed E-state index contributed by atoms with van der Waals surface area (Å²) in [5.74, 6) is -1.50. The lowest BCUT2D eigenvalue weighted by Gasteiger charge is -2.08. The van der Waals surface area contributed by atoms with Gasteiger partial charge in [-0.1, -0.05) is 17.7 Å². The second kappa shape index (κ2) is 5.79. The summed E-state index contributed by atoms with van der Waals surface area (Å²) in [7, 11) is -3.61. The van der Waals surface area contributed by atoms with Crippen molar-refractivity contribution in [3.63, 3.8) is 0 Å². The number of aliphatic carboxylic acids is 1. The molecule has 0 radical (unpaired) electrons. The first kappa shape index (κ1) is 17.5. The predicted octanol–water partition coefficient (Wildman–Crippen LogP) is 3.66. The molecule has 1 N–H and O–H groups in total. The van der Waals surface area contributed by atoms with E-state index in [-0.39, 0.29) is 11.4 Å². The molecule has 0 atom stereocenters. The second-order valence-corrected chi connectivity index (χ2v) is 8.44. The number of fused-ring (bicyclic) bond motifs is 2. The Labute approximate surface area is 155 Å². The van der Waals surface area contributed by atoms with Crippen LogP contribution in [0.3, 0.4) is 0 Å². The minimum absolute atomic E-state index is 0.207. The van der Waals surface area contributed by atoms with Crippen molar-refractivity contribution in [1.82, 2.24) is 4.57 Å². The number of carboxylic acids is 1. The Morgan fingerprint density at radius 3 is 2.59 bits per heavy atom. The number of nitrogens with zero attached hydrogens (tertiary/aromatic N) is 1. The van der Waals surface area contributed by atoms with Gasteiger partial charge >= 0.3 is 5.97 Å². The van der Waals surface area contributed by atoms with Crippen molar-refractivity contribution in [3.8, 4) is 0 Å². The molecule has 4 rings (SSSR count). The first-order chi connectivity index (χ1) is 12.7. The molecule has 0 aliphatic carbocycles. The quantitative estimate of drug-likeness (QED) is 0.747. The summed E-state index contributed by atoms with van der Waals surface area (Å²) < 4.78 is 40.7. The first-order valence-corrected chi connectivity index (χ1v) is 9.82. The Hall–Kier alpha value is -2.93. The number of hydrogen-bond acceptors (Lipinski definition) is 3. The van der Waals surface area contributed by atoms with Gasteiger partial charge in [0.25, 0.3) is 0 Å². The van der Waals surface area contributed by atoms with Crippen LogP contribution in [0.5, 0.6) is 0 Å². The van der Waals surface area contributed by atoms with Crippen molar-refractivity contribution in [2.24, 2.45) is 0 Å². The molecule has 138 valence electrons. The van der Waals surface area contributed by atoms with Crippen molar-refractivity contribution in [2.45, 2.75) is 25.3 Å². The third-order valence-corrected chi connectivity index (χ3v) is 6.37. The predicted molar refractivity (Wildman–Crippen MR) is 99.7 cm³/mol. The molecule has 0 saturated heterocycles. The molecule has 0 bridgehead atoms. The van der Waals surface area contributed by atoms with Gasteiger partial charge in [0, 0.05) is 38.7 Å². The molecule has 0 fully saturated rings. The first-order valence-electron chi connectivity index (χ1n) is 8.27. The number of aromatic nitrogens is 1. The van der Waals surface area contributed by atoms with Crippen LogP contribution in [0.2, 0.25) is 0 Å². The Balaban J connectivity index is 2.09. The molecular weight excluding hydrogens is 369 g/mol. The van der Waals surface area contributed by atoms with E-state index in [2.05, 4.69) is 0 Å². The number of rotatable bonds is 3. The van der Waals surface area contributed by atoms with Crippen LogP contribution in [0.4, 0.5) is 4.39 Å². The molecule has 0 unspecified atom stereocenters. The highest BCUT2D eigenvalue weighted by atomic mass is 32.2. The third-order valence-electron chi connectivity index (χ3n) is 4.85. The van der Waals surface area contributed by atoms with Crippen LogP contribution in [-0.2, 0) is 21.2 Å². The van der Waals surface area contributed by atoms with Gasteiger partial charge in [-0.15, -0.1) is 0 Å². The molecule has 2 aromatic carbocycles. The summed E-state index contributed by atoms with van der Waals surface area (Å²) in [5, 5.41) is 10.9. The Kier molecular flexibility index (Phi) is 3.75. The number of benzene rings is 2. The number of carbonyl (C=O) groups is 1. The maximum Gasteiger partial charge on any atom is 0.323 e. The normalized spacial score (nSPS) is 15.0. The summed E-state index contributed by atoms with van der Waals surface area (Å²) in [6.45, 7) is 3.29. The number of aryl methyl sites for hydroxylation is 1. The van der Waals surface area contributed by atoms with E-state index < -0.39 is 21.6 Å². The summed E-state index contributed by atoms with van der Waals surface area (Å²) in [4.78, 5) is 11.5. The topological polar surface area (TPSA) is 76.4 Å². The summed E-state index contributed by atoms with van der Waals surface area (Å²) >= 11 is 0. The van der Waals surface area contributed by atoms with Crippen LogP contribution in [0.1, 0.15) is 22.4 Å². The van der Waals surface area contributed by atoms with Crippen LogP contribution in [0, 0.1) is 19.7 Å². The Morgan fingerprint density at radius 2 is 1.89 bits per heavy atom. The fourth-order valence-electron chi connectivity index (χ4n) is 3.71. The van der Waals surface area contributed by atoms with E-state index in [4.69, 9.17) is 0 Å². The van der Waals surface area contributed by atoms with Gasteiger partial charge in [-0.05, 0) is 38.1 Å². The van der Waals surface area contributed by atoms with Crippen LogP contribution in [0.25, 0.3) is 16.5 Å². The highest BCUT2D eigenvalue weighted by Crippen LogP contribution is 2.42. The van der Waals surface area contributed by atoms with Gasteiger partial charge < -0.3 is 9.67 Å². The maximum atomic E-state index is 14.0. The zero-order valence-electron chi connectivity index (χ0n) is 14.7. The van der Waals surface area contributed by atoms with E-state index in [9.17, 15) is 22.7 Å². The van der Waals surface area contributed by atoms with Gasteiger partial charge in [-0.2, -0.15) is 0 Å². The number of sulfone groups is 1. The molecule has 0 saturated carbocycles. The van der Waals surface area contributed by atoms with Crippen LogP contribution < -0.4 is 0 Å². The molecule has 3 aromatic rings. The second-order valence-electron chi connectivity index (χ2n) is 6.68. The van der Waals surface area contributed by atoms with Crippen molar-refractivity contribution in [3.05, 3.63) is 70.0 Å². The van der Waals surface area contributed by atoms with E-state index in [1.807, 2.05) is 6.92 Å². The van der Waals surface area contributed by atoms with E-state index in [1.54, 1.807) is 29.7 Å². The lowest BCUT2D eigenvalue weighted by molar-refractivity contribution is -0.137. The average molecular weight is 385 g/mol. The molecule has 1 aliphatic rings. The standard InChI is InChI=1S/C20H16FNO4S/c1-11-3-6-18-14(7-11)16(10-27(18,25)26)20-12(2)22(9-19(23)24)17-5-4-13(21)8-15(17)20/h3-8,10H,9H2,1-2H3,(H,23,24). The van der Waals surface area contributed by atoms with Crippen LogP contribution in [-0.4, -0.2) is 24.1 Å². The maximum absolute atomic E-state index is 14.0. The largest absolute Gasteiger partial charge is 0.480 e. The van der Waals surface area contributed by atoms with Crippen molar-refractivity contribution in [2.75, 3.05) is 0 Å². The monoisotopic (exact) mass is 385 g/mol. The van der Waals surface area contributed by atoms with Crippen molar-refractivity contribution < 1.29 is 22.7 Å². The van der Waals surface area contributed by atoms with Gasteiger partial charge in [-0.25, -0.2) is 12.8 Å². The van der Waals surface area contributed by atoms with E-state index >= 15 is 0 Å². The fourth-order valence-corrected chi connectivity index (χ4v) is 5.13. The summed E-state index contributed by atoms with van der Waals surface area (Å²) in [6, 6.07) is 9.18. The smallest absolute Gasteiger partial charge is 0.323 e. The SMILES string of the molecule is Cc1ccc2c(c1)C(c1c(C)n(CC(=O)O)c3ccc(F)cc13)=CS2(=O)=O. The van der Waals surface area contributed by atoms with Gasteiger partial charge in [-0.3, -0.25) is 4.79 Å². The van der Waals surface area contributed by atoms with Crippen molar-refractivity contribution in [1.29, 1.82) is 0 Å². The molecule has 1 aromatic heterocycles. The zero-order chi connectivity index (χ0) is 19.5. The van der Waals surface area contributed by atoms with E-state index in [0.717, 1.165) is 5.56 Å². The Bertz CT molecular complexity index is 1270. The fraction of sp³-hybridized carbons (Fsp3) is 0.150. The highest BCUT2D eigenvalue weighted by Gasteiger charge is 2.31. The number of hydrogen-bond donors (Lipinski definition) is 1. The van der Waals surface area contributed by atoms with Crippen LogP contribution >= 0.6 is 0 Å². The lowest BCUT2D eigenvalue weighted by atomic mass is 9.96. The van der Waals surface area contributed by atoms with E-state index in [1.165, 1.54) is 23.6 Å².